The third-order valence-electron chi connectivity index (χ3n) is 2.86. The Morgan fingerprint density at radius 2 is 1.90 bits per heavy atom. The van der Waals surface area contributed by atoms with Crippen molar-refractivity contribution in [3.63, 3.8) is 0 Å². The Bertz CT molecular complexity index is 642. The number of anilines is 3. The van der Waals surface area contributed by atoms with Crippen molar-refractivity contribution in [1.82, 2.24) is 9.97 Å². The monoisotopic (exact) mass is 297 g/mol. The number of hydrazine groups is 1. The lowest BCUT2D eigenvalue weighted by Gasteiger charge is -2.20. The van der Waals surface area contributed by atoms with Crippen LogP contribution in [0.2, 0.25) is 0 Å². The van der Waals surface area contributed by atoms with Gasteiger partial charge in [-0.3, -0.25) is 5.43 Å². The molecule has 1 aromatic heterocycles. The van der Waals surface area contributed by atoms with Gasteiger partial charge in [-0.05, 0) is 24.6 Å². The highest BCUT2D eigenvalue weighted by Crippen LogP contribution is 2.32. The van der Waals surface area contributed by atoms with E-state index in [0.717, 1.165) is 11.6 Å². The van der Waals surface area contributed by atoms with Crippen LogP contribution in [-0.2, 0) is 6.18 Å². The minimum Gasteiger partial charge on any atom is -0.329 e. The molecule has 1 aromatic carbocycles. The lowest BCUT2D eigenvalue weighted by atomic mass is 10.2. The topological polar surface area (TPSA) is 67.1 Å². The molecule has 0 amide bonds. The summed E-state index contributed by atoms with van der Waals surface area (Å²) < 4.78 is 38.5. The maximum atomic E-state index is 12.8. The standard InChI is InChI=1S/C13H14F3N5/c1-8-4-3-5-9(6-8)21(2)11-7-10(13(14,15)16)18-12(19-11)20-17/h3-7H,17H2,1-2H3,(H,18,19,20). The average Bonchev–Trinajstić information content (AvgIpc) is 2.45. The van der Waals surface area contributed by atoms with Gasteiger partial charge in [0.1, 0.15) is 5.82 Å². The minimum atomic E-state index is -4.57. The Labute approximate surface area is 119 Å². The Kier molecular flexibility index (Phi) is 3.99. The molecule has 21 heavy (non-hydrogen) atoms. The van der Waals surface area contributed by atoms with Gasteiger partial charge >= 0.3 is 6.18 Å². The number of aromatic nitrogens is 2. The number of nitrogen functional groups attached to an aromatic ring is 1. The number of rotatable bonds is 3. The number of nitrogens with two attached hydrogens (primary N) is 1. The van der Waals surface area contributed by atoms with Crippen molar-refractivity contribution < 1.29 is 13.2 Å². The van der Waals surface area contributed by atoms with E-state index in [1.54, 1.807) is 13.1 Å². The molecule has 112 valence electrons. The number of hydrogen-bond acceptors (Lipinski definition) is 5. The van der Waals surface area contributed by atoms with Crippen molar-refractivity contribution in [3.05, 3.63) is 41.6 Å². The van der Waals surface area contributed by atoms with E-state index in [9.17, 15) is 13.2 Å². The molecule has 0 saturated carbocycles. The fourth-order valence-electron chi connectivity index (χ4n) is 1.78. The summed E-state index contributed by atoms with van der Waals surface area (Å²) in [5, 5.41) is 0. The van der Waals surface area contributed by atoms with Gasteiger partial charge in [0.05, 0.1) is 0 Å². The summed E-state index contributed by atoms with van der Waals surface area (Å²) in [6, 6.07) is 8.20. The van der Waals surface area contributed by atoms with Crippen LogP contribution in [0.4, 0.5) is 30.6 Å². The van der Waals surface area contributed by atoms with Gasteiger partial charge < -0.3 is 4.90 Å². The van der Waals surface area contributed by atoms with Gasteiger partial charge in [-0.15, -0.1) is 0 Å². The molecule has 2 rings (SSSR count). The Morgan fingerprint density at radius 3 is 2.48 bits per heavy atom. The van der Waals surface area contributed by atoms with Crippen LogP contribution in [-0.4, -0.2) is 17.0 Å². The van der Waals surface area contributed by atoms with Gasteiger partial charge in [0.15, 0.2) is 5.69 Å². The van der Waals surface area contributed by atoms with Crippen LogP contribution in [0.15, 0.2) is 30.3 Å². The number of alkyl halides is 3. The fourth-order valence-corrected chi connectivity index (χ4v) is 1.78. The average molecular weight is 297 g/mol. The zero-order valence-corrected chi connectivity index (χ0v) is 11.4. The summed E-state index contributed by atoms with van der Waals surface area (Å²) in [5.41, 5.74) is 2.69. The molecule has 0 aliphatic carbocycles. The minimum absolute atomic E-state index is 0.0934. The highest BCUT2D eigenvalue weighted by Gasteiger charge is 2.34. The maximum Gasteiger partial charge on any atom is 0.433 e. The first-order chi connectivity index (χ1) is 9.81. The van der Waals surface area contributed by atoms with E-state index in [1.165, 1.54) is 4.90 Å². The van der Waals surface area contributed by atoms with Crippen molar-refractivity contribution in [2.45, 2.75) is 13.1 Å². The zero-order valence-electron chi connectivity index (χ0n) is 11.4. The van der Waals surface area contributed by atoms with Gasteiger partial charge in [-0.25, -0.2) is 10.8 Å². The largest absolute Gasteiger partial charge is 0.433 e. The number of halogens is 3. The molecular weight excluding hydrogens is 283 g/mol. The van der Waals surface area contributed by atoms with Crippen molar-refractivity contribution in [2.24, 2.45) is 5.84 Å². The number of hydrogen-bond donors (Lipinski definition) is 2. The molecule has 0 spiro atoms. The molecule has 8 heteroatoms. The van der Waals surface area contributed by atoms with E-state index in [4.69, 9.17) is 5.84 Å². The second kappa shape index (κ2) is 5.57. The van der Waals surface area contributed by atoms with Crippen molar-refractivity contribution in [2.75, 3.05) is 17.4 Å². The molecule has 0 radical (unpaired) electrons. The summed E-state index contributed by atoms with van der Waals surface area (Å²) in [4.78, 5) is 8.80. The van der Waals surface area contributed by atoms with Crippen molar-refractivity contribution in [1.29, 1.82) is 0 Å². The predicted octanol–water partition coefficient (Wildman–Crippen LogP) is 2.86. The molecule has 1 heterocycles. The second-order valence-electron chi connectivity index (χ2n) is 4.48. The molecule has 0 aliphatic heterocycles. The molecule has 0 bridgehead atoms. The SMILES string of the molecule is Cc1cccc(N(C)c2cc(C(F)(F)F)nc(NN)n2)c1. The van der Waals surface area contributed by atoms with Gasteiger partial charge in [0.25, 0.3) is 0 Å². The van der Waals surface area contributed by atoms with Crippen LogP contribution >= 0.6 is 0 Å². The van der Waals surface area contributed by atoms with E-state index < -0.39 is 11.9 Å². The van der Waals surface area contributed by atoms with Crippen LogP contribution in [0, 0.1) is 6.92 Å². The summed E-state index contributed by atoms with van der Waals surface area (Å²) >= 11 is 0. The highest BCUT2D eigenvalue weighted by molar-refractivity contribution is 5.61. The summed E-state index contributed by atoms with van der Waals surface area (Å²) in [6.45, 7) is 1.89. The first-order valence-corrected chi connectivity index (χ1v) is 6.04. The quantitative estimate of drug-likeness (QED) is 0.673. The molecule has 5 nitrogen and oxygen atoms in total. The highest BCUT2D eigenvalue weighted by atomic mass is 19.4. The van der Waals surface area contributed by atoms with Crippen LogP contribution < -0.4 is 16.2 Å². The van der Waals surface area contributed by atoms with E-state index in [1.807, 2.05) is 30.5 Å². The van der Waals surface area contributed by atoms with Gasteiger partial charge in [0.2, 0.25) is 5.95 Å². The Morgan fingerprint density at radius 1 is 1.19 bits per heavy atom. The first kappa shape index (κ1) is 15.0. The van der Waals surface area contributed by atoms with Crippen molar-refractivity contribution in [3.8, 4) is 0 Å². The smallest absolute Gasteiger partial charge is 0.329 e. The molecule has 0 aliphatic rings. The molecule has 0 saturated heterocycles. The number of nitrogens with zero attached hydrogens (tertiary/aromatic N) is 3. The van der Waals surface area contributed by atoms with Crippen LogP contribution in [0.5, 0.6) is 0 Å². The normalized spacial score (nSPS) is 11.3. The third-order valence-corrected chi connectivity index (χ3v) is 2.86. The molecule has 0 unspecified atom stereocenters. The number of nitrogens with one attached hydrogen (secondary N) is 1. The fraction of sp³-hybridized carbons (Fsp3) is 0.231. The Hall–Kier alpha value is -2.35. The van der Waals surface area contributed by atoms with Crippen molar-refractivity contribution >= 4 is 17.5 Å². The lowest BCUT2D eigenvalue weighted by Crippen LogP contribution is -2.19. The predicted molar refractivity (Wildman–Crippen MR) is 74.1 cm³/mol. The lowest BCUT2D eigenvalue weighted by molar-refractivity contribution is -0.141. The summed E-state index contributed by atoms with van der Waals surface area (Å²) in [6.07, 6.45) is -4.57. The zero-order chi connectivity index (χ0) is 15.6. The molecule has 3 N–H and O–H groups in total. The Balaban J connectivity index is 2.47. The maximum absolute atomic E-state index is 12.8. The summed E-state index contributed by atoms with van der Waals surface area (Å²) in [7, 11) is 1.62. The van der Waals surface area contributed by atoms with Crippen LogP contribution in [0.3, 0.4) is 0 Å². The van der Waals surface area contributed by atoms with Gasteiger partial charge in [-0.2, -0.15) is 18.2 Å². The molecule has 0 fully saturated rings. The summed E-state index contributed by atoms with van der Waals surface area (Å²) in [5.74, 6) is 4.93. The first-order valence-electron chi connectivity index (χ1n) is 6.04. The van der Waals surface area contributed by atoms with Gasteiger partial charge in [-0.1, -0.05) is 12.1 Å². The van der Waals surface area contributed by atoms with E-state index >= 15 is 0 Å². The number of aryl methyl sites for hydroxylation is 1. The van der Waals surface area contributed by atoms with E-state index in [-0.39, 0.29) is 11.8 Å². The molecular formula is C13H14F3N5. The van der Waals surface area contributed by atoms with E-state index in [0.29, 0.717) is 5.69 Å². The van der Waals surface area contributed by atoms with Gasteiger partial charge in [0, 0.05) is 18.8 Å². The van der Waals surface area contributed by atoms with Crippen LogP contribution in [0.25, 0.3) is 0 Å². The molecule has 2 aromatic rings. The third kappa shape index (κ3) is 3.40. The second-order valence-corrected chi connectivity index (χ2v) is 4.48. The van der Waals surface area contributed by atoms with E-state index in [2.05, 4.69) is 9.97 Å². The number of benzene rings is 1. The molecule has 0 atom stereocenters. The van der Waals surface area contributed by atoms with Crippen LogP contribution in [0.1, 0.15) is 11.3 Å².